The van der Waals surface area contributed by atoms with Crippen LogP contribution in [0.2, 0.25) is 10.0 Å². The monoisotopic (exact) mass is 472 g/mol. The van der Waals surface area contributed by atoms with E-state index in [4.69, 9.17) is 23.2 Å². The summed E-state index contributed by atoms with van der Waals surface area (Å²) in [5.74, 6) is -1.19. The zero-order valence-electron chi connectivity index (χ0n) is 16.4. The highest BCUT2D eigenvalue weighted by molar-refractivity contribution is 7.88. The zero-order chi connectivity index (χ0) is 21.9. The number of nitrogens with one attached hydrogen (secondary N) is 1. The third-order valence-corrected chi connectivity index (χ3v) is 7.77. The maximum atomic E-state index is 13.1. The predicted octanol–water partition coefficient (Wildman–Crippen LogP) is 4.55. The molecule has 1 aliphatic heterocycles. The number of nitrogens with zero attached hydrogens (tertiary/aromatic N) is 1. The Kier molecular flexibility index (Phi) is 7.39. The van der Waals surface area contributed by atoms with Gasteiger partial charge in [0, 0.05) is 13.1 Å². The molecule has 9 heteroatoms. The summed E-state index contributed by atoms with van der Waals surface area (Å²) in [7, 11) is -3.61. The molecule has 2 unspecified atom stereocenters. The van der Waals surface area contributed by atoms with Gasteiger partial charge < -0.3 is 5.32 Å². The molecule has 2 atom stereocenters. The first-order valence-corrected chi connectivity index (χ1v) is 12.0. The summed E-state index contributed by atoms with van der Waals surface area (Å²) in [6.07, 6.45) is 1.21. The van der Waals surface area contributed by atoms with Crippen molar-refractivity contribution in [2.24, 2.45) is 5.92 Å². The highest BCUT2D eigenvalue weighted by atomic mass is 35.5. The van der Waals surface area contributed by atoms with E-state index >= 15 is 0 Å². The van der Waals surface area contributed by atoms with Gasteiger partial charge in [-0.05, 0) is 55.2 Å². The number of sulfonamides is 1. The number of halogens is 3. The Morgan fingerprint density at radius 2 is 1.90 bits per heavy atom. The van der Waals surface area contributed by atoms with Crippen LogP contribution in [0.25, 0.3) is 0 Å². The highest BCUT2D eigenvalue weighted by Crippen LogP contribution is 2.26. The lowest BCUT2D eigenvalue weighted by Crippen LogP contribution is -2.46. The minimum Gasteiger partial charge on any atom is -0.349 e. The van der Waals surface area contributed by atoms with Crippen molar-refractivity contribution in [3.05, 3.63) is 69.5 Å². The van der Waals surface area contributed by atoms with Crippen molar-refractivity contribution < 1.29 is 17.6 Å². The zero-order valence-corrected chi connectivity index (χ0v) is 18.8. The Morgan fingerprint density at radius 1 is 1.20 bits per heavy atom. The number of piperidine rings is 1. The number of hydrogen-bond acceptors (Lipinski definition) is 3. The van der Waals surface area contributed by atoms with Gasteiger partial charge in [-0.25, -0.2) is 17.1 Å². The second kappa shape index (κ2) is 9.64. The fourth-order valence-electron chi connectivity index (χ4n) is 3.51. The van der Waals surface area contributed by atoms with E-state index in [1.807, 2.05) is 6.92 Å². The summed E-state index contributed by atoms with van der Waals surface area (Å²) in [6, 6.07) is 10.4. The maximum Gasteiger partial charge on any atom is 0.224 e. The molecule has 3 rings (SSSR count). The van der Waals surface area contributed by atoms with E-state index in [1.54, 1.807) is 30.3 Å². The van der Waals surface area contributed by atoms with Crippen molar-refractivity contribution in [2.45, 2.75) is 31.6 Å². The average Bonchev–Trinajstić information content (AvgIpc) is 2.71. The topological polar surface area (TPSA) is 66.5 Å². The van der Waals surface area contributed by atoms with Gasteiger partial charge in [0.05, 0.1) is 27.8 Å². The fourth-order valence-corrected chi connectivity index (χ4v) is 5.42. The van der Waals surface area contributed by atoms with E-state index in [2.05, 4.69) is 5.32 Å². The number of hydrogen-bond donors (Lipinski definition) is 1. The molecule has 0 spiro atoms. The first kappa shape index (κ1) is 23.0. The van der Waals surface area contributed by atoms with Crippen LogP contribution in [-0.4, -0.2) is 31.7 Å². The van der Waals surface area contributed by atoms with Crippen LogP contribution in [0.4, 0.5) is 4.39 Å². The molecule has 0 radical (unpaired) electrons. The molecule has 0 bridgehead atoms. The van der Waals surface area contributed by atoms with E-state index in [0.29, 0.717) is 35.0 Å². The molecule has 5 nitrogen and oxygen atoms in total. The molecule has 1 amide bonds. The van der Waals surface area contributed by atoms with Gasteiger partial charge in [-0.3, -0.25) is 4.79 Å². The quantitative estimate of drug-likeness (QED) is 0.670. The van der Waals surface area contributed by atoms with E-state index < -0.39 is 15.9 Å². The van der Waals surface area contributed by atoms with Crippen LogP contribution in [-0.2, 0) is 20.6 Å². The lowest BCUT2D eigenvalue weighted by molar-refractivity contribution is -0.126. The smallest absolute Gasteiger partial charge is 0.224 e. The van der Waals surface area contributed by atoms with Crippen LogP contribution in [0.3, 0.4) is 0 Å². The molecule has 1 aliphatic rings. The summed E-state index contributed by atoms with van der Waals surface area (Å²) < 4.78 is 40.2. The third kappa shape index (κ3) is 5.72. The normalized spacial score (nSPS) is 18.7. The molecule has 1 fully saturated rings. The number of amides is 1. The second-order valence-electron chi connectivity index (χ2n) is 7.48. The van der Waals surface area contributed by atoms with Gasteiger partial charge in [0.1, 0.15) is 5.82 Å². The molecule has 0 saturated carbocycles. The lowest BCUT2D eigenvalue weighted by Gasteiger charge is -2.32. The van der Waals surface area contributed by atoms with Gasteiger partial charge in [-0.15, -0.1) is 0 Å². The Morgan fingerprint density at radius 3 is 2.57 bits per heavy atom. The Balaban J connectivity index is 1.64. The Bertz CT molecular complexity index is 1020. The fraction of sp³-hybridized carbons (Fsp3) is 0.381. The number of benzene rings is 2. The van der Waals surface area contributed by atoms with Gasteiger partial charge >= 0.3 is 0 Å². The van der Waals surface area contributed by atoms with Gasteiger partial charge in [0.2, 0.25) is 15.9 Å². The van der Waals surface area contributed by atoms with Crippen LogP contribution in [0.5, 0.6) is 0 Å². The molecule has 2 aromatic carbocycles. The first-order valence-electron chi connectivity index (χ1n) is 9.63. The van der Waals surface area contributed by atoms with Crippen molar-refractivity contribution in [3.8, 4) is 0 Å². The van der Waals surface area contributed by atoms with E-state index in [1.165, 1.54) is 16.4 Å². The van der Waals surface area contributed by atoms with Crippen LogP contribution in [0.1, 0.15) is 36.9 Å². The maximum absolute atomic E-state index is 13.1. The van der Waals surface area contributed by atoms with Crippen LogP contribution < -0.4 is 5.32 Å². The van der Waals surface area contributed by atoms with Crippen LogP contribution >= 0.6 is 23.2 Å². The standard InChI is InChI=1S/C21H23Cl2FN2O3S/c1-14(16-5-7-18(24)8-6-16)25-21(27)17-3-2-10-26(12-17)30(28,29)13-15-4-9-19(22)20(23)11-15/h4-9,11,14,17H,2-3,10,12-13H2,1H3,(H,25,27). The highest BCUT2D eigenvalue weighted by Gasteiger charge is 2.33. The second-order valence-corrected chi connectivity index (χ2v) is 10.3. The van der Waals surface area contributed by atoms with E-state index in [0.717, 1.165) is 5.56 Å². The predicted molar refractivity (Wildman–Crippen MR) is 116 cm³/mol. The molecular weight excluding hydrogens is 450 g/mol. The summed E-state index contributed by atoms with van der Waals surface area (Å²) in [5.41, 5.74) is 1.32. The Hall–Kier alpha value is -1.67. The Labute approximate surface area is 186 Å². The van der Waals surface area contributed by atoms with Crippen LogP contribution in [0.15, 0.2) is 42.5 Å². The average molecular weight is 473 g/mol. The SMILES string of the molecule is CC(NC(=O)C1CCCN(S(=O)(=O)Cc2ccc(Cl)c(Cl)c2)C1)c1ccc(F)cc1. The van der Waals surface area contributed by atoms with E-state index in [9.17, 15) is 17.6 Å². The molecule has 1 heterocycles. The molecular formula is C21H23Cl2FN2O3S. The number of carbonyl (C=O) groups excluding carboxylic acids is 1. The summed E-state index contributed by atoms with van der Waals surface area (Å²) in [5, 5.41) is 3.57. The molecule has 2 aromatic rings. The minimum atomic E-state index is -3.61. The third-order valence-electron chi connectivity index (χ3n) is 5.21. The largest absolute Gasteiger partial charge is 0.349 e. The van der Waals surface area contributed by atoms with Crippen molar-refractivity contribution in [3.63, 3.8) is 0 Å². The van der Waals surface area contributed by atoms with E-state index in [-0.39, 0.29) is 30.1 Å². The van der Waals surface area contributed by atoms with Crippen molar-refractivity contribution in [1.29, 1.82) is 0 Å². The molecule has 0 aromatic heterocycles. The van der Waals surface area contributed by atoms with Gasteiger partial charge in [-0.2, -0.15) is 0 Å². The van der Waals surface area contributed by atoms with Crippen molar-refractivity contribution in [2.75, 3.05) is 13.1 Å². The van der Waals surface area contributed by atoms with Crippen LogP contribution in [0, 0.1) is 11.7 Å². The number of rotatable bonds is 6. The van der Waals surface area contributed by atoms with Gasteiger partial charge in [0.25, 0.3) is 0 Å². The molecule has 1 saturated heterocycles. The molecule has 162 valence electrons. The summed E-state index contributed by atoms with van der Waals surface area (Å²) in [6.45, 7) is 2.32. The van der Waals surface area contributed by atoms with Gasteiger partial charge in [0.15, 0.2) is 0 Å². The number of carbonyl (C=O) groups is 1. The molecule has 0 aliphatic carbocycles. The lowest BCUT2D eigenvalue weighted by atomic mass is 9.98. The van der Waals surface area contributed by atoms with Crippen molar-refractivity contribution >= 4 is 39.1 Å². The molecule has 1 N–H and O–H groups in total. The summed E-state index contributed by atoms with van der Waals surface area (Å²) >= 11 is 11.9. The summed E-state index contributed by atoms with van der Waals surface area (Å²) in [4.78, 5) is 12.7. The minimum absolute atomic E-state index is 0.131. The van der Waals surface area contributed by atoms with Crippen molar-refractivity contribution in [1.82, 2.24) is 9.62 Å². The first-order chi connectivity index (χ1) is 14.2. The van der Waals surface area contributed by atoms with Gasteiger partial charge in [-0.1, -0.05) is 41.4 Å². The molecule has 30 heavy (non-hydrogen) atoms.